The number of aryl methyl sites for hydroxylation is 1. The molecule has 3 nitrogen and oxygen atoms in total. The summed E-state index contributed by atoms with van der Waals surface area (Å²) in [4.78, 5) is 0. The minimum absolute atomic E-state index is 0.462. The first kappa shape index (κ1) is 15.9. The van der Waals surface area contributed by atoms with Crippen molar-refractivity contribution >= 4 is 11.6 Å². The number of furan rings is 1. The number of rotatable bonds is 7. The van der Waals surface area contributed by atoms with Crippen molar-refractivity contribution in [3.8, 4) is 5.75 Å². The molecule has 0 saturated heterocycles. The highest BCUT2D eigenvalue weighted by Crippen LogP contribution is 2.25. The molecular weight excluding hydrogens is 286 g/mol. The lowest BCUT2D eigenvalue weighted by atomic mass is 10.2. The summed E-state index contributed by atoms with van der Waals surface area (Å²) in [6.07, 6.45) is 0. The summed E-state index contributed by atoms with van der Waals surface area (Å²) in [7, 11) is 0. The van der Waals surface area contributed by atoms with Crippen LogP contribution in [0.15, 0.2) is 34.7 Å². The van der Waals surface area contributed by atoms with Gasteiger partial charge in [-0.05, 0) is 37.6 Å². The molecule has 2 rings (SSSR count). The number of hydrogen-bond donors (Lipinski definition) is 1. The molecule has 2 aromatic rings. The van der Waals surface area contributed by atoms with Gasteiger partial charge in [0.05, 0.1) is 11.6 Å². The van der Waals surface area contributed by atoms with Crippen LogP contribution < -0.4 is 10.1 Å². The van der Waals surface area contributed by atoms with Gasteiger partial charge in [0.1, 0.15) is 23.9 Å². The van der Waals surface area contributed by atoms with E-state index in [0.29, 0.717) is 23.3 Å². The Balaban J connectivity index is 1.92. The Kier molecular flexibility index (Phi) is 5.71. The quantitative estimate of drug-likeness (QED) is 0.814. The molecule has 0 aliphatic heterocycles. The monoisotopic (exact) mass is 307 g/mol. The topological polar surface area (TPSA) is 34.4 Å². The summed E-state index contributed by atoms with van der Waals surface area (Å²) in [6.45, 7) is 8.50. The highest BCUT2D eigenvalue weighted by Gasteiger charge is 2.09. The lowest BCUT2D eigenvalue weighted by molar-refractivity contribution is 0.303. The number of benzene rings is 1. The van der Waals surface area contributed by atoms with E-state index >= 15 is 0 Å². The number of ether oxygens (including phenoxy) is 1. The smallest absolute Gasteiger partial charge is 0.138 e. The lowest BCUT2D eigenvalue weighted by Crippen LogP contribution is -2.18. The molecule has 4 heteroatoms. The van der Waals surface area contributed by atoms with Crippen LogP contribution in [0.25, 0.3) is 0 Å². The molecule has 1 heterocycles. The maximum absolute atomic E-state index is 6.08. The maximum Gasteiger partial charge on any atom is 0.138 e. The summed E-state index contributed by atoms with van der Waals surface area (Å²) in [5.74, 6) is 3.15. The van der Waals surface area contributed by atoms with Crippen LogP contribution in [0.3, 0.4) is 0 Å². The Hall–Kier alpha value is -1.45. The molecular formula is C17H22ClNO2. The van der Waals surface area contributed by atoms with Gasteiger partial charge in [-0.25, -0.2) is 0 Å². The lowest BCUT2D eigenvalue weighted by Gasteiger charge is -2.06. The van der Waals surface area contributed by atoms with Gasteiger partial charge in [-0.15, -0.1) is 0 Å². The van der Waals surface area contributed by atoms with E-state index in [1.165, 1.54) is 0 Å². The van der Waals surface area contributed by atoms with Crippen LogP contribution >= 0.6 is 11.6 Å². The Morgan fingerprint density at radius 1 is 1.29 bits per heavy atom. The normalized spacial score (nSPS) is 11.1. The van der Waals surface area contributed by atoms with Crippen molar-refractivity contribution in [2.75, 3.05) is 6.54 Å². The molecule has 0 spiro atoms. The van der Waals surface area contributed by atoms with Gasteiger partial charge in [-0.3, -0.25) is 0 Å². The van der Waals surface area contributed by atoms with Crippen LogP contribution in [0.5, 0.6) is 5.75 Å². The van der Waals surface area contributed by atoms with Gasteiger partial charge in [0.25, 0.3) is 0 Å². The third kappa shape index (κ3) is 4.80. The highest BCUT2D eigenvalue weighted by molar-refractivity contribution is 6.32. The largest absolute Gasteiger partial charge is 0.487 e. The first-order chi connectivity index (χ1) is 10.1. The summed E-state index contributed by atoms with van der Waals surface area (Å²) < 4.78 is 11.5. The molecule has 0 unspecified atom stereocenters. The zero-order chi connectivity index (χ0) is 15.2. The average molecular weight is 308 g/mol. The van der Waals surface area contributed by atoms with E-state index in [9.17, 15) is 0 Å². The van der Waals surface area contributed by atoms with E-state index in [2.05, 4.69) is 19.2 Å². The second kappa shape index (κ2) is 7.53. The number of hydrogen-bond acceptors (Lipinski definition) is 3. The first-order valence-corrected chi connectivity index (χ1v) is 7.60. The number of halogens is 1. The summed E-state index contributed by atoms with van der Waals surface area (Å²) in [5, 5.41) is 3.99. The van der Waals surface area contributed by atoms with Crippen LogP contribution in [0, 0.1) is 12.8 Å². The highest BCUT2D eigenvalue weighted by atomic mass is 35.5. The van der Waals surface area contributed by atoms with Crippen molar-refractivity contribution in [2.45, 2.75) is 33.9 Å². The third-order valence-electron chi connectivity index (χ3n) is 3.14. The summed E-state index contributed by atoms with van der Waals surface area (Å²) >= 11 is 6.08. The predicted octanol–water partition coefficient (Wildman–Crippen LogP) is 4.57. The molecule has 0 saturated carbocycles. The van der Waals surface area contributed by atoms with Crippen molar-refractivity contribution in [1.82, 2.24) is 5.32 Å². The van der Waals surface area contributed by atoms with E-state index in [4.69, 9.17) is 20.8 Å². The fourth-order valence-electron chi connectivity index (χ4n) is 2.02. The van der Waals surface area contributed by atoms with Gasteiger partial charge in [0.2, 0.25) is 0 Å². The first-order valence-electron chi connectivity index (χ1n) is 7.22. The molecule has 1 aromatic heterocycles. The van der Waals surface area contributed by atoms with Crippen molar-refractivity contribution in [3.05, 3.63) is 52.4 Å². The Bertz CT molecular complexity index is 578. The van der Waals surface area contributed by atoms with E-state index in [-0.39, 0.29) is 0 Å². The molecule has 0 atom stereocenters. The van der Waals surface area contributed by atoms with Crippen molar-refractivity contribution in [1.29, 1.82) is 0 Å². The summed E-state index contributed by atoms with van der Waals surface area (Å²) in [6, 6.07) is 9.52. The van der Waals surface area contributed by atoms with Gasteiger partial charge >= 0.3 is 0 Å². The Labute approximate surface area is 131 Å². The average Bonchev–Trinajstić information content (AvgIpc) is 2.78. The predicted molar refractivity (Wildman–Crippen MR) is 85.8 cm³/mol. The molecule has 114 valence electrons. The van der Waals surface area contributed by atoms with E-state index < -0.39 is 0 Å². The van der Waals surface area contributed by atoms with Crippen LogP contribution in [-0.2, 0) is 13.2 Å². The van der Waals surface area contributed by atoms with Crippen molar-refractivity contribution in [3.63, 3.8) is 0 Å². The van der Waals surface area contributed by atoms with Crippen molar-refractivity contribution in [2.24, 2.45) is 5.92 Å². The Morgan fingerprint density at radius 2 is 2.05 bits per heavy atom. The molecule has 0 bridgehead atoms. The SMILES string of the molecule is Cc1oc(CNCC(C)C)cc1COc1ccccc1Cl. The van der Waals surface area contributed by atoms with Crippen LogP contribution in [0.2, 0.25) is 5.02 Å². The molecule has 1 N–H and O–H groups in total. The molecule has 1 aromatic carbocycles. The van der Waals surface area contributed by atoms with Crippen LogP contribution in [0.1, 0.15) is 30.9 Å². The second-order valence-electron chi connectivity index (χ2n) is 5.54. The standard InChI is InChI=1S/C17H22ClNO2/c1-12(2)9-19-10-15-8-14(13(3)21-15)11-20-17-7-5-4-6-16(17)18/h4-8,12,19H,9-11H2,1-3H3. The zero-order valence-electron chi connectivity index (χ0n) is 12.8. The molecule has 0 radical (unpaired) electrons. The van der Waals surface area contributed by atoms with Gasteiger partial charge in [-0.1, -0.05) is 37.6 Å². The molecule has 0 aliphatic carbocycles. The fraction of sp³-hybridized carbons (Fsp3) is 0.412. The van der Waals surface area contributed by atoms with E-state index in [1.807, 2.05) is 37.3 Å². The minimum atomic E-state index is 0.462. The molecule has 21 heavy (non-hydrogen) atoms. The van der Waals surface area contributed by atoms with Crippen molar-refractivity contribution < 1.29 is 9.15 Å². The number of nitrogens with one attached hydrogen (secondary N) is 1. The molecule has 0 aliphatic rings. The maximum atomic E-state index is 6.08. The number of para-hydroxylation sites is 1. The van der Waals surface area contributed by atoms with E-state index in [1.54, 1.807) is 0 Å². The molecule has 0 amide bonds. The zero-order valence-corrected chi connectivity index (χ0v) is 13.5. The van der Waals surface area contributed by atoms with Gasteiger partial charge < -0.3 is 14.5 Å². The van der Waals surface area contributed by atoms with Gasteiger partial charge in [0, 0.05) is 5.56 Å². The third-order valence-corrected chi connectivity index (χ3v) is 3.46. The second-order valence-corrected chi connectivity index (χ2v) is 5.95. The fourth-order valence-corrected chi connectivity index (χ4v) is 2.21. The van der Waals surface area contributed by atoms with Crippen LogP contribution in [0.4, 0.5) is 0 Å². The Morgan fingerprint density at radius 3 is 2.76 bits per heavy atom. The van der Waals surface area contributed by atoms with Gasteiger partial charge in [-0.2, -0.15) is 0 Å². The van der Waals surface area contributed by atoms with Gasteiger partial charge in [0.15, 0.2) is 0 Å². The van der Waals surface area contributed by atoms with Crippen LogP contribution in [-0.4, -0.2) is 6.54 Å². The summed E-state index contributed by atoms with van der Waals surface area (Å²) in [5.41, 5.74) is 1.05. The minimum Gasteiger partial charge on any atom is -0.487 e. The van der Waals surface area contributed by atoms with E-state index in [0.717, 1.165) is 30.2 Å². The molecule has 0 fully saturated rings.